The van der Waals surface area contributed by atoms with Crippen molar-refractivity contribution < 1.29 is 33.9 Å². The molecular formula is C30H58O7. The van der Waals surface area contributed by atoms with Gasteiger partial charge in [-0.05, 0) is 39.5 Å². The van der Waals surface area contributed by atoms with Gasteiger partial charge in [-0.25, -0.2) is 0 Å². The molecule has 2 N–H and O–H groups in total. The average molecular weight is 531 g/mol. The second-order valence-electron chi connectivity index (χ2n) is 11.2. The molecule has 2 aliphatic heterocycles. The van der Waals surface area contributed by atoms with Crippen molar-refractivity contribution in [3.8, 4) is 0 Å². The van der Waals surface area contributed by atoms with E-state index in [2.05, 4.69) is 13.8 Å². The van der Waals surface area contributed by atoms with Crippen LogP contribution in [0.3, 0.4) is 0 Å². The van der Waals surface area contributed by atoms with E-state index in [0.717, 1.165) is 38.5 Å². The summed E-state index contributed by atoms with van der Waals surface area (Å²) in [5.41, 5.74) is 0. The van der Waals surface area contributed by atoms with Gasteiger partial charge in [-0.1, -0.05) is 78.1 Å². The average Bonchev–Trinajstić information content (AvgIpc) is 3.53. The lowest BCUT2D eigenvalue weighted by molar-refractivity contribution is -0.328. The van der Waals surface area contributed by atoms with E-state index in [4.69, 9.17) is 23.7 Å². The Kier molecular flexibility index (Phi) is 16.1. The molecule has 0 aromatic carbocycles. The molecule has 2 saturated heterocycles. The van der Waals surface area contributed by atoms with Crippen LogP contribution in [-0.2, 0) is 23.7 Å². The van der Waals surface area contributed by atoms with Gasteiger partial charge in [0.25, 0.3) is 0 Å². The first-order valence-corrected chi connectivity index (χ1v) is 15.5. The van der Waals surface area contributed by atoms with Gasteiger partial charge in [0.15, 0.2) is 11.6 Å². The summed E-state index contributed by atoms with van der Waals surface area (Å²) in [4.78, 5) is 0. The van der Waals surface area contributed by atoms with Crippen molar-refractivity contribution in [2.24, 2.45) is 0 Å². The standard InChI is InChI=1S/C30H58O7/c1-5-7-9-11-13-15-21-33-29(19-17-27(23-31)36-29)25(3)35-26(4)30(20-18-28(24-32)37-30)34-22-16-14-12-10-8-6-2/h25-28,31-32H,5-24H2,1-4H3. The first kappa shape index (κ1) is 32.9. The van der Waals surface area contributed by atoms with Crippen LogP contribution < -0.4 is 0 Å². The van der Waals surface area contributed by atoms with Gasteiger partial charge in [0.2, 0.25) is 0 Å². The zero-order valence-corrected chi connectivity index (χ0v) is 24.4. The summed E-state index contributed by atoms with van der Waals surface area (Å²) in [6.45, 7) is 9.66. The van der Waals surface area contributed by atoms with E-state index in [1.165, 1.54) is 51.4 Å². The lowest BCUT2D eigenvalue weighted by Gasteiger charge is -2.41. The fraction of sp³-hybridized carbons (Fsp3) is 1.00. The van der Waals surface area contributed by atoms with Gasteiger partial charge in [0.1, 0.15) is 12.2 Å². The van der Waals surface area contributed by atoms with Crippen LogP contribution in [0.15, 0.2) is 0 Å². The molecule has 2 rings (SSSR count). The molecule has 2 fully saturated rings. The van der Waals surface area contributed by atoms with Crippen LogP contribution in [0.5, 0.6) is 0 Å². The first-order valence-electron chi connectivity index (χ1n) is 15.5. The molecule has 2 aliphatic rings. The Bertz CT molecular complexity index is 528. The molecule has 220 valence electrons. The molecule has 7 nitrogen and oxygen atoms in total. The minimum absolute atomic E-state index is 0.0169. The van der Waals surface area contributed by atoms with E-state index in [0.29, 0.717) is 26.1 Å². The van der Waals surface area contributed by atoms with Crippen LogP contribution in [0.4, 0.5) is 0 Å². The van der Waals surface area contributed by atoms with Gasteiger partial charge in [-0.2, -0.15) is 0 Å². The molecule has 6 atom stereocenters. The normalized spacial score (nSPS) is 29.7. The summed E-state index contributed by atoms with van der Waals surface area (Å²) >= 11 is 0. The Hall–Kier alpha value is -0.280. The van der Waals surface area contributed by atoms with Crippen LogP contribution in [0.2, 0.25) is 0 Å². The predicted octanol–water partition coefficient (Wildman–Crippen LogP) is 6.27. The number of aliphatic hydroxyl groups is 2. The van der Waals surface area contributed by atoms with Crippen molar-refractivity contribution in [2.75, 3.05) is 26.4 Å². The summed E-state index contributed by atoms with van der Waals surface area (Å²) < 4.78 is 31.9. The summed E-state index contributed by atoms with van der Waals surface area (Å²) in [6.07, 6.45) is 16.1. The summed E-state index contributed by atoms with van der Waals surface area (Å²) in [7, 11) is 0. The number of hydrogen-bond acceptors (Lipinski definition) is 7. The highest BCUT2D eigenvalue weighted by Crippen LogP contribution is 2.41. The summed E-state index contributed by atoms with van der Waals surface area (Å²) in [6, 6.07) is 0. The van der Waals surface area contributed by atoms with Crippen LogP contribution in [0, 0.1) is 0 Å². The monoisotopic (exact) mass is 530 g/mol. The first-order chi connectivity index (χ1) is 17.9. The van der Waals surface area contributed by atoms with E-state index < -0.39 is 11.6 Å². The highest BCUT2D eigenvalue weighted by Gasteiger charge is 2.51. The molecule has 0 amide bonds. The van der Waals surface area contributed by atoms with Gasteiger partial charge in [-0.3, -0.25) is 0 Å². The number of hydrogen-bond donors (Lipinski definition) is 2. The van der Waals surface area contributed by atoms with Crippen molar-refractivity contribution in [1.82, 2.24) is 0 Å². The third-order valence-electron chi connectivity index (χ3n) is 8.10. The van der Waals surface area contributed by atoms with Crippen molar-refractivity contribution in [1.29, 1.82) is 0 Å². The topological polar surface area (TPSA) is 86.6 Å². The second-order valence-corrected chi connectivity index (χ2v) is 11.2. The fourth-order valence-electron chi connectivity index (χ4n) is 5.59. The molecule has 7 heteroatoms. The third-order valence-corrected chi connectivity index (χ3v) is 8.10. The molecule has 37 heavy (non-hydrogen) atoms. The Balaban J connectivity index is 1.94. The number of rotatable bonds is 22. The second kappa shape index (κ2) is 18.1. The zero-order valence-electron chi connectivity index (χ0n) is 24.4. The molecule has 0 aliphatic carbocycles. The predicted molar refractivity (Wildman–Crippen MR) is 147 cm³/mol. The highest BCUT2D eigenvalue weighted by molar-refractivity contribution is 4.91. The maximum atomic E-state index is 9.73. The quantitative estimate of drug-likeness (QED) is 0.160. The Morgan fingerprint density at radius 3 is 1.38 bits per heavy atom. The molecule has 6 unspecified atom stereocenters. The van der Waals surface area contributed by atoms with Gasteiger partial charge < -0.3 is 33.9 Å². The van der Waals surface area contributed by atoms with Crippen molar-refractivity contribution in [3.63, 3.8) is 0 Å². The van der Waals surface area contributed by atoms with Crippen LogP contribution in [0.1, 0.15) is 130 Å². The van der Waals surface area contributed by atoms with Crippen LogP contribution in [0.25, 0.3) is 0 Å². The lowest BCUT2D eigenvalue weighted by Crippen LogP contribution is -2.52. The van der Waals surface area contributed by atoms with E-state index in [9.17, 15) is 10.2 Å². The minimum atomic E-state index is -0.874. The number of ether oxygens (including phenoxy) is 5. The molecule has 0 radical (unpaired) electrons. The largest absolute Gasteiger partial charge is 0.394 e. The summed E-state index contributed by atoms with van der Waals surface area (Å²) in [5.74, 6) is -1.75. The third kappa shape index (κ3) is 10.7. The van der Waals surface area contributed by atoms with Crippen molar-refractivity contribution in [3.05, 3.63) is 0 Å². The minimum Gasteiger partial charge on any atom is -0.394 e. The lowest BCUT2D eigenvalue weighted by atomic mass is 10.0. The van der Waals surface area contributed by atoms with Crippen molar-refractivity contribution in [2.45, 2.75) is 166 Å². The van der Waals surface area contributed by atoms with Crippen molar-refractivity contribution >= 4 is 0 Å². The highest BCUT2D eigenvalue weighted by atomic mass is 16.7. The number of aliphatic hydroxyl groups excluding tert-OH is 2. The smallest absolute Gasteiger partial charge is 0.194 e. The summed E-state index contributed by atoms with van der Waals surface area (Å²) in [5, 5.41) is 19.5. The maximum Gasteiger partial charge on any atom is 0.194 e. The Labute approximate surface area is 226 Å². The zero-order chi connectivity index (χ0) is 27.0. The van der Waals surface area contributed by atoms with Gasteiger partial charge >= 0.3 is 0 Å². The SMILES string of the molecule is CCCCCCCCOC1(C(C)OC(C)C2(OCCCCCCCC)CCC(CO)O2)CCC(CO)O1. The van der Waals surface area contributed by atoms with Crippen LogP contribution >= 0.6 is 0 Å². The molecule has 2 heterocycles. The van der Waals surface area contributed by atoms with Gasteiger partial charge in [0.05, 0.1) is 38.6 Å². The molecule has 0 aromatic rings. The molecule has 0 aromatic heterocycles. The van der Waals surface area contributed by atoms with E-state index in [1.54, 1.807) is 0 Å². The van der Waals surface area contributed by atoms with Gasteiger partial charge in [0, 0.05) is 12.8 Å². The van der Waals surface area contributed by atoms with E-state index in [1.807, 2.05) is 13.8 Å². The molecule has 0 saturated carbocycles. The molecule has 0 spiro atoms. The Morgan fingerprint density at radius 2 is 1.03 bits per heavy atom. The van der Waals surface area contributed by atoms with Crippen LogP contribution in [-0.4, -0.2) is 72.6 Å². The van der Waals surface area contributed by atoms with E-state index >= 15 is 0 Å². The molecule has 0 bridgehead atoms. The van der Waals surface area contributed by atoms with Gasteiger partial charge in [-0.15, -0.1) is 0 Å². The molecular weight excluding hydrogens is 472 g/mol. The number of unbranched alkanes of at least 4 members (excludes halogenated alkanes) is 10. The van der Waals surface area contributed by atoms with E-state index in [-0.39, 0.29) is 37.6 Å². The maximum absolute atomic E-state index is 9.73. The fourth-order valence-corrected chi connectivity index (χ4v) is 5.59. The Morgan fingerprint density at radius 1 is 0.649 bits per heavy atom.